The van der Waals surface area contributed by atoms with E-state index in [2.05, 4.69) is 15.5 Å². The maximum atomic E-state index is 12.7. The Morgan fingerprint density at radius 2 is 1.73 bits per heavy atom. The average Bonchev–Trinajstić information content (AvgIpc) is 3.42. The number of anilines is 1. The fraction of sp³-hybridized carbons (Fsp3) is 0.333. The molecule has 0 bridgehead atoms. The van der Waals surface area contributed by atoms with Crippen LogP contribution in [-0.4, -0.2) is 56.5 Å². The quantitative estimate of drug-likeness (QED) is 0.699. The van der Waals surface area contributed by atoms with Crippen molar-refractivity contribution in [3.8, 4) is 5.75 Å². The number of aryl methyl sites for hydroxylation is 1. The minimum atomic E-state index is -0.205. The van der Waals surface area contributed by atoms with E-state index >= 15 is 0 Å². The van der Waals surface area contributed by atoms with Gasteiger partial charge >= 0.3 is 0 Å². The van der Waals surface area contributed by atoms with E-state index in [4.69, 9.17) is 4.74 Å². The summed E-state index contributed by atoms with van der Waals surface area (Å²) < 4.78 is 8.56. The Morgan fingerprint density at radius 3 is 2.37 bits per heavy atom. The molecule has 1 aromatic carbocycles. The molecule has 9 heteroatoms. The van der Waals surface area contributed by atoms with Crippen LogP contribution in [0.5, 0.6) is 5.75 Å². The van der Waals surface area contributed by atoms with E-state index in [1.807, 2.05) is 9.58 Å². The summed E-state index contributed by atoms with van der Waals surface area (Å²) in [6, 6.07) is 10.6. The van der Waals surface area contributed by atoms with Crippen molar-refractivity contribution in [3.63, 3.8) is 0 Å². The number of ether oxygens (including phenoxy) is 1. The van der Waals surface area contributed by atoms with Gasteiger partial charge in [-0.2, -0.15) is 10.2 Å². The number of aromatic nitrogens is 4. The summed E-state index contributed by atoms with van der Waals surface area (Å²) >= 11 is 0. The number of carbonyl (C=O) groups is 2. The van der Waals surface area contributed by atoms with E-state index in [9.17, 15) is 9.59 Å². The van der Waals surface area contributed by atoms with Gasteiger partial charge in [0, 0.05) is 38.0 Å². The molecule has 0 radical (unpaired) electrons. The lowest BCUT2D eigenvalue weighted by atomic mass is 10.0. The topological polar surface area (TPSA) is 94.3 Å². The molecule has 4 rings (SSSR count). The maximum absolute atomic E-state index is 12.7. The molecule has 1 N–H and O–H groups in total. The van der Waals surface area contributed by atoms with Gasteiger partial charge in [-0.3, -0.25) is 14.3 Å². The number of benzene rings is 1. The van der Waals surface area contributed by atoms with Gasteiger partial charge in [0.2, 0.25) is 0 Å². The molecule has 3 heterocycles. The standard InChI is InChI=1S/C21H24N6O3/c1-25-18(7-11-22-25)21(29)26-13-9-16(10-14-26)27-19(8-12-23-27)24-20(28)15-3-5-17(30-2)6-4-15/h3-8,11-12,16H,9-10,13-14H2,1-2H3,(H,24,28). The summed E-state index contributed by atoms with van der Waals surface area (Å²) in [6.07, 6.45) is 4.83. The van der Waals surface area contributed by atoms with Crippen LogP contribution >= 0.6 is 0 Å². The van der Waals surface area contributed by atoms with Crippen LogP contribution in [0, 0.1) is 0 Å². The van der Waals surface area contributed by atoms with Crippen molar-refractivity contribution in [2.24, 2.45) is 7.05 Å². The molecular formula is C21H24N6O3. The van der Waals surface area contributed by atoms with Crippen LogP contribution in [0.3, 0.4) is 0 Å². The number of hydrogen-bond donors (Lipinski definition) is 1. The second-order valence-electron chi connectivity index (χ2n) is 7.21. The van der Waals surface area contributed by atoms with E-state index in [0.717, 1.165) is 12.8 Å². The number of carbonyl (C=O) groups excluding carboxylic acids is 2. The number of piperidine rings is 1. The van der Waals surface area contributed by atoms with Crippen molar-refractivity contribution in [1.82, 2.24) is 24.5 Å². The van der Waals surface area contributed by atoms with Gasteiger partial charge in [-0.05, 0) is 43.2 Å². The molecule has 1 saturated heterocycles. The van der Waals surface area contributed by atoms with Crippen LogP contribution in [0.15, 0.2) is 48.8 Å². The van der Waals surface area contributed by atoms with Crippen LogP contribution in [0.2, 0.25) is 0 Å². The summed E-state index contributed by atoms with van der Waals surface area (Å²) in [4.78, 5) is 27.1. The molecule has 0 atom stereocenters. The number of rotatable bonds is 5. The van der Waals surface area contributed by atoms with Crippen LogP contribution in [0.4, 0.5) is 5.82 Å². The fourth-order valence-corrected chi connectivity index (χ4v) is 3.69. The lowest BCUT2D eigenvalue weighted by molar-refractivity contribution is 0.0680. The smallest absolute Gasteiger partial charge is 0.272 e. The second kappa shape index (κ2) is 8.40. The van der Waals surface area contributed by atoms with Gasteiger partial charge in [-0.15, -0.1) is 0 Å². The predicted octanol–water partition coefficient (Wildman–Crippen LogP) is 2.35. The second-order valence-corrected chi connectivity index (χ2v) is 7.21. The molecule has 2 amide bonds. The maximum Gasteiger partial charge on any atom is 0.272 e. The Kier molecular flexibility index (Phi) is 5.51. The van der Waals surface area contributed by atoms with Gasteiger partial charge in [-0.25, -0.2) is 4.68 Å². The Hall–Kier alpha value is -3.62. The summed E-state index contributed by atoms with van der Waals surface area (Å²) in [5, 5.41) is 11.4. The number of nitrogens with zero attached hydrogens (tertiary/aromatic N) is 5. The van der Waals surface area contributed by atoms with E-state index in [1.54, 1.807) is 67.6 Å². The van der Waals surface area contributed by atoms with Gasteiger partial charge in [0.15, 0.2) is 0 Å². The van der Waals surface area contributed by atoms with Gasteiger partial charge in [-0.1, -0.05) is 0 Å². The van der Waals surface area contributed by atoms with E-state index in [0.29, 0.717) is 35.9 Å². The zero-order chi connectivity index (χ0) is 21.1. The summed E-state index contributed by atoms with van der Waals surface area (Å²) in [5.74, 6) is 1.13. The molecular weight excluding hydrogens is 384 g/mol. The number of hydrogen-bond acceptors (Lipinski definition) is 5. The lowest BCUT2D eigenvalue weighted by Crippen LogP contribution is -2.40. The van der Waals surface area contributed by atoms with Gasteiger partial charge in [0.05, 0.1) is 19.3 Å². The molecule has 1 aliphatic rings. The minimum Gasteiger partial charge on any atom is -0.497 e. The fourth-order valence-electron chi connectivity index (χ4n) is 3.69. The van der Waals surface area contributed by atoms with Crippen molar-refractivity contribution >= 4 is 17.6 Å². The molecule has 30 heavy (non-hydrogen) atoms. The van der Waals surface area contributed by atoms with Crippen LogP contribution in [0.25, 0.3) is 0 Å². The molecule has 3 aromatic rings. The first-order chi connectivity index (χ1) is 14.6. The largest absolute Gasteiger partial charge is 0.497 e. The molecule has 1 aliphatic heterocycles. The molecule has 0 unspecified atom stereocenters. The Balaban J connectivity index is 1.39. The monoisotopic (exact) mass is 408 g/mol. The molecule has 0 saturated carbocycles. The molecule has 2 aromatic heterocycles. The first-order valence-electron chi connectivity index (χ1n) is 9.83. The number of amides is 2. The van der Waals surface area contributed by atoms with Crippen LogP contribution < -0.4 is 10.1 Å². The minimum absolute atomic E-state index is 0.0121. The first-order valence-corrected chi connectivity index (χ1v) is 9.83. The highest BCUT2D eigenvalue weighted by molar-refractivity contribution is 6.03. The Bertz CT molecular complexity index is 1030. The van der Waals surface area contributed by atoms with Crippen molar-refractivity contribution in [3.05, 3.63) is 60.0 Å². The number of methoxy groups -OCH3 is 1. The summed E-state index contributed by atoms with van der Waals surface area (Å²) in [5.41, 5.74) is 1.13. The summed E-state index contributed by atoms with van der Waals surface area (Å²) in [7, 11) is 3.35. The van der Waals surface area contributed by atoms with Crippen molar-refractivity contribution in [1.29, 1.82) is 0 Å². The third-order valence-corrected chi connectivity index (χ3v) is 5.40. The number of nitrogens with one attached hydrogen (secondary N) is 1. The first kappa shape index (κ1) is 19.7. The number of likely N-dealkylation sites (tertiary alicyclic amines) is 1. The molecule has 1 fully saturated rings. The third kappa shape index (κ3) is 3.91. The molecule has 9 nitrogen and oxygen atoms in total. The highest BCUT2D eigenvalue weighted by atomic mass is 16.5. The van der Waals surface area contributed by atoms with Gasteiger partial charge in [0.25, 0.3) is 11.8 Å². The van der Waals surface area contributed by atoms with E-state index < -0.39 is 0 Å². The van der Waals surface area contributed by atoms with Gasteiger partial charge < -0.3 is 15.0 Å². The van der Waals surface area contributed by atoms with E-state index in [1.165, 1.54) is 0 Å². The zero-order valence-corrected chi connectivity index (χ0v) is 17.0. The molecule has 0 aliphatic carbocycles. The van der Waals surface area contributed by atoms with Crippen molar-refractivity contribution < 1.29 is 14.3 Å². The highest BCUT2D eigenvalue weighted by Crippen LogP contribution is 2.26. The molecule has 0 spiro atoms. The third-order valence-electron chi connectivity index (χ3n) is 5.40. The van der Waals surface area contributed by atoms with Gasteiger partial charge in [0.1, 0.15) is 17.3 Å². The van der Waals surface area contributed by atoms with Crippen LogP contribution in [-0.2, 0) is 7.05 Å². The van der Waals surface area contributed by atoms with Crippen LogP contribution in [0.1, 0.15) is 39.7 Å². The Morgan fingerprint density at radius 1 is 1.03 bits per heavy atom. The zero-order valence-electron chi connectivity index (χ0n) is 17.0. The van der Waals surface area contributed by atoms with E-state index in [-0.39, 0.29) is 17.9 Å². The summed E-state index contributed by atoms with van der Waals surface area (Å²) in [6.45, 7) is 1.25. The SMILES string of the molecule is COc1ccc(C(=O)Nc2ccnn2C2CCN(C(=O)c3ccnn3C)CC2)cc1. The predicted molar refractivity (Wildman–Crippen MR) is 111 cm³/mol. The average molecular weight is 408 g/mol. The highest BCUT2D eigenvalue weighted by Gasteiger charge is 2.27. The lowest BCUT2D eigenvalue weighted by Gasteiger charge is -2.32. The Labute approximate surface area is 174 Å². The normalized spacial score (nSPS) is 14.5. The van der Waals surface area contributed by atoms with Crippen molar-refractivity contribution in [2.45, 2.75) is 18.9 Å². The van der Waals surface area contributed by atoms with Crippen molar-refractivity contribution in [2.75, 3.05) is 25.5 Å². The molecule has 156 valence electrons.